The molecule has 0 spiro atoms. The second kappa shape index (κ2) is 5.32. The number of hydrogen-bond donors (Lipinski definition) is 2. The summed E-state index contributed by atoms with van der Waals surface area (Å²) in [7, 11) is 0. The van der Waals surface area contributed by atoms with Gasteiger partial charge in [0.1, 0.15) is 0 Å². The first-order chi connectivity index (χ1) is 7.94. The molecule has 1 atom stereocenters. The van der Waals surface area contributed by atoms with Crippen molar-refractivity contribution in [2.75, 3.05) is 6.54 Å². The lowest BCUT2D eigenvalue weighted by molar-refractivity contribution is -0.151. The van der Waals surface area contributed by atoms with Gasteiger partial charge in [0.15, 0.2) is 0 Å². The zero-order valence-electron chi connectivity index (χ0n) is 10.7. The Morgan fingerprint density at radius 1 is 1.41 bits per heavy atom. The summed E-state index contributed by atoms with van der Waals surface area (Å²) >= 11 is 0. The van der Waals surface area contributed by atoms with Crippen molar-refractivity contribution in [3.8, 4) is 0 Å². The van der Waals surface area contributed by atoms with Gasteiger partial charge in [0.25, 0.3) is 0 Å². The Morgan fingerprint density at radius 3 is 2.41 bits per heavy atom. The first kappa shape index (κ1) is 13.7. The van der Waals surface area contributed by atoms with Crippen LogP contribution in [0.25, 0.3) is 0 Å². The van der Waals surface area contributed by atoms with Gasteiger partial charge < -0.3 is 10.8 Å². The molecule has 0 saturated heterocycles. The summed E-state index contributed by atoms with van der Waals surface area (Å²) in [5.74, 6) is -0.803. The minimum atomic E-state index is -0.869. The van der Waals surface area contributed by atoms with Crippen molar-refractivity contribution < 1.29 is 9.90 Å². The third-order valence-corrected chi connectivity index (χ3v) is 3.66. The van der Waals surface area contributed by atoms with Gasteiger partial charge in [-0.05, 0) is 30.4 Å². The Morgan fingerprint density at radius 2 is 2.00 bits per heavy atom. The maximum atomic E-state index is 11.5. The van der Waals surface area contributed by atoms with E-state index in [1.165, 1.54) is 0 Å². The molecule has 1 aromatic carbocycles. The van der Waals surface area contributed by atoms with E-state index in [0.717, 1.165) is 11.1 Å². The van der Waals surface area contributed by atoms with Crippen molar-refractivity contribution in [3.63, 3.8) is 0 Å². The normalized spacial score (nSPS) is 14.6. The van der Waals surface area contributed by atoms with Gasteiger partial charge in [-0.3, -0.25) is 4.79 Å². The Bertz CT molecular complexity index is 401. The Labute approximate surface area is 103 Å². The zero-order valence-corrected chi connectivity index (χ0v) is 10.7. The van der Waals surface area contributed by atoms with Crippen LogP contribution < -0.4 is 5.73 Å². The number of carboxylic acids is 1. The van der Waals surface area contributed by atoms with E-state index >= 15 is 0 Å². The average molecular weight is 235 g/mol. The summed E-state index contributed by atoms with van der Waals surface area (Å²) in [6.07, 6.45) is 0.489. The van der Waals surface area contributed by atoms with Crippen molar-refractivity contribution in [3.05, 3.63) is 35.4 Å². The van der Waals surface area contributed by atoms with E-state index in [-0.39, 0.29) is 12.5 Å². The zero-order chi connectivity index (χ0) is 13.1. The molecule has 0 radical (unpaired) electrons. The van der Waals surface area contributed by atoms with Crippen LogP contribution in [0, 0.1) is 18.3 Å². The van der Waals surface area contributed by atoms with Gasteiger partial charge in [-0.15, -0.1) is 0 Å². The number of nitrogens with two attached hydrogens (primary N) is 1. The molecule has 17 heavy (non-hydrogen) atoms. The minimum Gasteiger partial charge on any atom is -0.481 e. The second-order valence-electron chi connectivity index (χ2n) is 4.92. The topological polar surface area (TPSA) is 63.3 Å². The fraction of sp³-hybridized carbons (Fsp3) is 0.500. The minimum absolute atomic E-state index is 0.00426. The molecule has 0 aliphatic carbocycles. The van der Waals surface area contributed by atoms with Crippen LogP contribution in [-0.2, 0) is 11.2 Å². The summed E-state index contributed by atoms with van der Waals surface area (Å²) in [4.78, 5) is 11.5. The first-order valence-electron chi connectivity index (χ1n) is 5.92. The van der Waals surface area contributed by atoms with Crippen molar-refractivity contribution in [1.82, 2.24) is 0 Å². The van der Waals surface area contributed by atoms with Crippen LogP contribution in [0.4, 0.5) is 0 Å². The quantitative estimate of drug-likeness (QED) is 0.822. The molecule has 0 aliphatic heterocycles. The van der Waals surface area contributed by atoms with E-state index in [2.05, 4.69) is 0 Å². The molecule has 0 bridgehead atoms. The van der Waals surface area contributed by atoms with Gasteiger partial charge in [-0.2, -0.15) is 0 Å². The van der Waals surface area contributed by atoms with E-state index in [1.54, 1.807) is 0 Å². The van der Waals surface area contributed by atoms with Crippen molar-refractivity contribution >= 4 is 5.97 Å². The van der Waals surface area contributed by atoms with Crippen LogP contribution in [0.15, 0.2) is 24.3 Å². The van der Waals surface area contributed by atoms with E-state index in [9.17, 15) is 9.90 Å². The van der Waals surface area contributed by atoms with Crippen molar-refractivity contribution in [2.45, 2.75) is 27.2 Å². The van der Waals surface area contributed by atoms with E-state index in [0.29, 0.717) is 6.42 Å². The van der Waals surface area contributed by atoms with Crippen molar-refractivity contribution in [1.29, 1.82) is 0 Å². The third kappa shape index (κ3) is 2.67. The van der Waals surface area contributed by atoms with Crippen LogP contribution in [0.5, 0.6) is 0 Å². The Hall–Kier alpha value is -1.35. The van der Waals surface area contributed by atoms with Gasteiger partial charge >= 0.3 is 5.97 Å². The lowest BCUT2D eigenvalue weighted by atomic mass is 9.72. The summed E-state index contributed by atoms with van der Waals surface area (Å²) in [6.45, 7) is 5.99. The summed E-state index contributed by atoms with van der Waals surface area (Å²) < 4.78 is 0. The molecule has 0 aliphatic rings. The number of carbonyl (C=O) groups is 1. The molecule has 3 heteroatoms. The number of aryl methyl sites for hydroxylation is 1. The molecule has 1 unspecified atom stereocenters. The lowest BCUT2D eigenvalue weighted by Crippen LogP contribution is -2.45. The number of rotatable bonds is 5. The van der Waals surface area contributed by atoms with Gasteiger partial charge in [0, 0.05) is 6.54 Å². The van der Waals surface area contributed by atoms with E-state index < -0.39 is 11.4 Å². The number of carboxylic acid groups (broad SMARTS) is 1. The molecule has 0 aromatic heterocycles. The average Bonchev–Trinajstić information content (AvgIpc) is 2.27. The maximum Gasteiger partial charge on any atom is 0.311 e. The maximum absolute atomic E-state index is 11.5. The summed E-state index contributed by atoms with van der Waals surface area (Å²) in [5.41, 5.74) is 7.04. The third-order valence-electron chi connectivity index (χ3n) is 3.66. The van der Waals surface area contributed by atoms with Gasteiger partial charge in [-0.25, -0.2) is 0 Å². The summed E-state index contributed by atoms with van der Waals surface area (Å²) in [5, 5.41) is 9.47. The number of hydrogen-bond acceptors (Lipinski definition) is 2. The molecular formula is C14H21NO2. The summed E-state index contributed by atoms with van der Waals surface area (Å²) in [6, 6.07) is 7.87. The largest absolute Gasteiger partial charge is 0.481 e. The highest BCUT2D eigenvalue weighted by molar-refractivity contribution is 5.76. The smallest absolute Gasteiger partial charge is 0.311 e. The molecule has 0 amide bonds. The highest BCUT2D eigenvalue weighted by atomic mass is 16.4. The predicted octanol–water partition coefficient (Wildman–Crippen LogP) is 2.22. The first-order valence-corrected chi connectivity index (χ1v) is 5.92. The monoisotopic (exact) mass is 235 g/mol. The van der Waals surface area contributed by atoms with E-state index in [1.807, 2.05) is 45.0 Å². The van der Waals surface area contributed by atoms with Gasteiger partial charge in [0.2, 0.25) is 0 Å². The highest BCUT2D eigenvalue weighted by Crippen LogP contribution is 2.32. The molecule has 0 saturated carbocycles. The van der Waals surface area contributed by atoms with Crippen molar-refractivity contribution in [2.24, 2.45) is 17.1 Å². The molecule has 94 valence electrons. The second-order valence-corrected chi connectivity index (χ2v) is 4.92. The standard InChI is InChI=1S/C14H21NO2/c1-10(2)14(9-15,13(16)17)8-12-7-5-4-6-11(12)3/h4-7,10H,8-9,15H2,1-3H3,(H,16,17). The molecular weight excluding hydrogens is 214 g/mol. The molecule has 1 rings (SSSR count). The molecule has 3 N–H and O–H groups in total. The van der Waals surface area contributed by atoms with E-state index in [4.69, 9.17) is 5.73 Å². The Balaban J connectivity index is 3.11. The fourth-order valence-corrected chi connectivity index (χ4v) is 2.07. The molecule has 0 heterocycles. The number of aliphatic carboxylic acids is 1. The van der Waals surface area contributed by atoms with Gasteiger partial charge in [0.05, 0.1) is 5.41 Å². The van der Waals surface area contributed by atoms with Crippen LogP contribution in [0.3, 0.4) is 0 Å². The predicted molar refractivity (Wildman–Crippen MR) is 68.8 cm³/mol. The highest BCUT2D eigenvalue weighted by Gasteiger charge is 2.40. The lowest BCUT2D eigenvalue weighted by Gasteiger charge is -2.32. The van der Waals surface area contributed by atoms with Crippen LogP contribution in [-0.4, -0.2) is 17.6 Å². The van der Waals surface area contributed by atoms with Crippen LogP contribution in [0.2, 0.25) is 0 Å². The van der Waals surface area contributed by atoms with Crippen LogP contribution >= 0.6 is 0 Å². The number of benzene rings is 1. The fourth-order valence-electron chi connectivity index (χ4n) is 2.07. The molecule has 1 aromatic rings. The molecule has 3 nitrogen and oxygen atoms in total. The van der Waals surface area contributed by atoms with Crippen LogP contribution in [0.1, 0.15) is 25.0 Å². The Kier molecular flexibility index (Phi) is 4.29. The molecule has 0 fully saturated rings. The van der Waals surface area contributed by atoms with Gasteiger partial charge in [-0.1, -0.05) is 38.1 Å². The SMILES string of the molecule is Cc1ccccc1CC(CN)(C(=O)O)C(C)C.